The standard InChI is InChI=1S/C14H15ClFNO/c15-12-6-9(16)2-1-8(12)5-14(18)11-7-10-3-4-13(11)17-10/h1-2,6,10-11,13,17H,3-5,7H2. The molecular formula is C14H15ClFNO. The molecule has 0 amide bonds. The Balaban J connectivity index is 1.71. The summed E-state index contributed by atoms with van der Waals surface area (Å²) in [4.78, 5) is 12.2. The number of rotatable bonds is 3. The van der Waals surface area contributed by atoms with Crippen molar-refractivity contribution in [1.29, 1.82) is 0 Å². The van der Waals surface area contributed by atoms with Crippen LogP contribution in [0.4, 0.5) is 4.39 Å². The quantitative estimate of drug-likeness (QED) is 0.912. The highest BCUT2D eigenvalue weighted by atomic mass is 35.5. The number of benzene rings is 1. The zero-order valence-electron chi connectivity index (χ0n) is 9.96. The Bertz CT molecular complexity index is 491. The zero-order valence-corrected chi connectivity index (χ0v) is 10.7. The first-order chi connectivity index (χ1) is 8.63. The fourth-order valence-electron chi connectivity index (χ4n) is 3.16. The molecule has 1 N–H and O–H groups in total. The van der Waals surface area contributed by atoms with Crippen LogP contribution >= 0.6 is 11.6 Å². The lowest BCUT2D eigenvalue weighted by atomic mass is 9.84. The summed E-state index contributed by atoms with van der Waals surface area (Å²) in [7, 11) is 0. The summed E-state index contributed by atoms with van der Waals surface area (Å²) in [5.74, 6) is -0.0223. The molecular weight excluding hydrogens is 253 g/mol. The largest absolute Gasteiger partial charge is 0.310 e. The van der Waals surface area contributed by atoms with E-state index in [1.54, 1.807) is 6.07 Å². The second kappa shape index (κ2) is 4.63. The van der Waals surface area contributed by atoms with E-state index in [2.05, 4.69) is 5.32 Å². The van der Waals surface area contributed by atoms with E-state index in [-0.39, 0.29) is 17.5 Å². The molecule has 2 aliphatic heterocycles. The monoisotopic (exact) mass is 267 g/mol. The van der Waals surface area contributed by atoms with Gasteiger partial charge in [0, 0.05) is 29.4 Å². The summed E-state index contributed by atoms with van der Waals surface area (Å²) in [6.07, 6.45) is 3.54. The first kappa shape index (κ1) is 12.1. The van der Waals surface area contributed by atoms with Gasteiger partial charge in [0.15, 0.2) is 0 Å². The predicted octanol–water partition coefficient (Wildman–Crippen LogP) is 2.73. The molecule has 3 rings (SSSR count). The fraction of sp³-hybridized carbons (Fsp3) is 0.500. The minimum atomic E-state index is -0.363. The van der Waals surface area contributed by atoms with Crippen molar-refractivity contribution >= 4 is 17.4 Å². The number of carbonyl (C=O) groups is 1. The molecule has 2 nitrogen and oxygen atoms in total. The van der Waals surface area contributed by atoms with Crippen molar-refractivity contribution < 1.29 is 9.18 Å². The average Bonchev–Trinajstić information content (AvgIpc) is 2.94. The lowest BCUT2D eigenvalue weighted by Gasteiger charge is -2.18. The van der Waals surface area contributed by atoms with Crippen molar-refractivity contribution in [2.45, 2.75) is 37.8 Å². The fourth-order valence-corrected chi connectivity index (χ4v) is 3.40. The van der Waals surface area contributed by atoms with Gasteiger partial charge in [-0.3, -0.25) is 4.79 Å². The Hall–Kier alpha value is -0.930. The molecule has 2 heterocycles. The molecule has 2 aliphatic rings. The Morgan fingerprint density at radius 3 is 2.89 bits per heavy atom. The van der Waals surface area contributed by atoms with E-state index < -0.39 is 0 Å². The second-order valence-corrected chi connectivity index (χ2v) is 5.68. The van der Waals surface area contributed by atoms with Crippen LogP contribution in [-0.4, -0.2) is 17.9 Å². The Labute approximate surface area is 111 Å². The number of hydrogen-bond donors (Lipinski definition) is 1. The van der Waals surface area contributed by atoms with Crippen LogP contribution in [0.1, 0.15) is 24.8 Å². The summed E-state index contributed by atoms with van der Waals surface area (Å²) in [6, 6.07) is 5.10. The Morgan fingerprint density at radius 1 is 1.44 bits per heavy atom. The molecule has 0 aromatic heterocycles. The lowest BCUT2D eigenvalue weighted by Crippen LogP contribution is -2.29. The van der Waals surface area contributed by atoms with Gasteiger partial charge in [-0.2, -0.15) is 0 Å². The topological polar surface area (TPSA) is 29.1 Å². The van der Waals surface area contributed by atoms with E-state index in [0.29, 0.717) is 23.5 Å². The normalized spacial score (nSPS) is 29.8. The van der Waals surface area contributed by atoms with Crippen LogP contribution in [0.2, 0.25) is 5.02 Å². The summed E-state index contributed by atoms with van der Waals surface area (Å²) in [6.45, 7) is 0. The highest BCUT2D eigenvalue weighted by Crippen LogP contribution is 2.34. The minimum absolute atomic E-state index is 0.116. The predicted molar refractivity (Wildman–Crippen MR) is 68.2 cm³/mol. The number of nitrogens with one attached hydrogen (secondary N) is 1. The van der Waals surface area contributed by atoms with Gasteiger partial charge in [0.1, 0.15) is 11.6 Å². The molecule has 18 heavy (non-hydrogen) atoms. The number of fused-ring (bicyclic) bond motifs is 2. The molecule has 2 bridgehead atoms. The molecule has 96 valence electrons. The highest BCUT2D eigenvalue weighted by Gasteiger charge is 2.42. The maximum Gasteiger partial charge on any atom is 0.142 e. The first-order valence-electron chi connectivity index (χ1n) is 6.36. The molecule has 3 atom stereocenters. The summed E-state index contributed by atoms with van der Waals surface area (Å²) >= 11 is 5.95. The highest BCUT2D eigenvalue weighted by molar-refractivity contribution is 6.31. The molecule has 0 spiro atoms. The number of ketones is 1. The van der Waals surface area contributed by atoms with E-state index >= 15 is 0 Å². The van der Waals surface area contributed by atoms with Crippen molar-refractivity contribution in [3.63, 3.8) is 0 Å². The maximum absolute atomic E-state index is 12.9. The van der Waals surface area contributed by atoms with Crippen LogP contribution in [-0.2, 0) is 11.2 Å². The van der Waals surface area contributed by atoms with Gasteiger partial charge in [-0.05, 0) is 37.0 Å². The lowest BCUT2D eigenvalue weighted by molar-refractivity contribution is -0.122. The van der Waals surface area contributed by atoms with Crippen LogP contribution in [0.25, 0.3) is 0 Å². The van der Waals surface area contributed by atoms with Crippen molar-refractivity contribution in [2.75, 3.05) is 0 Å². The maximum atomic E-state index is 12.9. The van der Waals surface area contributed by atoms with Gasteiger partial charge in [0.05, 0.1) is 0 Å². The molecule has 1 aromatic rings. The Morgan fingerprint density at radius 2 is 2.28 bits per heavy atom. The molecule has 0 saturated carbocycles. The number of Topliss-reactive ketones (excluding diaryl/α,β-unsaturated/α-hetero) is 1. The summed E-state index contributed by atoms with van der Waals surface area (Å²) in [5, 5.41) is 3.80. The third-order valence-electron chi connectivity index (χ3n) is 4.09. The van der Waals surface area contributed by atoms with Crippen molar-refractivity contribution in [3.8, 4) is 0 Å². The van der Waals surface area contributed by atoms with E-state index in [4.69, 9.17) is 11.6 Å². The van der Waals surface area contributed by atoms with Gasteiger partial charge >= 0.3 is 0 Å². The van der Waals surface area contributed by atoms with Crippen LogP contribution in [0.15, 0.2) is 18.2 Å². The van der Waals surface area contributed by atoms with Crippen molar-refractivity contribution in [2.24, 2.45) is 5.92 Å². The minimum Gasteiger partial charge on any atom is -0.310 e. The van der Waals surface area contributed by atoms with Gasteiger partial charge in [-0.1, -0.05) is 17.7 Å². The molecule has 4 heteroatoms. The second-order valence-electron chi connectivity index (χ2n) is 5.27. The smallest absolute Gasteiger partial charge is 0.142 e. The third-order valence-corrected chi connectivity index (χ3v) is 4.45. The molecule has 2 fully saturated rings. The van der Waals surface area contributed by atoms with Gasteiger partial charge in [-0.15, -0.1) is 0 Å². The summed E-state index contributed by atoms with van der Waals surface area (Å²) in [5.41, 5.74) is 0.728. The molecule has 3 unspecified atom stereocenters. The van der Waals surface area contributed by atoms with Crippen molar-refractivity contribution in [3.05, 3.63) is 34.6 Å². The number of carbonyl (C=O) groups excluding carboxylic acids is 1. The molecule has 2 saturated heterocycles. The summed E-state index contributed by atoms with van der Waals surface area (Å²) < 4.78 is 12.9. The Kier molecular flexibility index (Phi) is 3.12. The number of halogens is 2. The van der Waals surface area contributed by atoms with Crippen LogP contribution in [0, 0.1) is 11.7 Å². The van der Waals surface area contributed by atoms with Gasteiger partial charge in [0.2, 0.25) is 0 Å². The average molecular weight is 268 g/mol. The van der Waals surface area contributed by atoms with Gasteiger partial charge in [-0.25, -0.2) is 4.39 Å². The first-order valence-corrected chi connectivity index (χ1v) is 6.74. The van der Waals surface area contributed by atoms with Crippen LogP contribution in [0.5, 0.6) is 0 Å². The zero-order chi connectivity index (χ0) is 12.7. The van der Waals surface area contributed by atoms with E-state index in [1.807, 2.05) is 0 Å². The molecule has 1 aromatic carbocycles. The van der Waals surface area contributed by atoms with E-state index in [1.165, 1.54) is 18.6 Å². The van der Waals surface area contributed by atoms with Crippen LogP contribution in [0.3, 0.4) is 0 Å². The molecule has 0 aliphatic carbocycles. The SMILES string of the molecule is O=C(Cc1ccc(F)cc1Cl)C1CC2CCC1N2. The molecule has 0 radical (unpaired) electrons. The van der Waals surface area contributed by atoms with Crippen LogP contribution < -0.4 is 5.32 Å². The number of hydrogen-bond acceptors (Lipinski definition) is 2. The third kappa shape index (κ3) is 2.17. The van der Waals surface area contributed by atoms with Gasteiger partial charge < -0.3 is 5.32 Å². The van der Waals surface area contributed by atoms with E-state index in [0.717, 1.165) is 18.4 Å². The van der Waals surface area contributed by atoms with Crippen molar-refractivity contribution in [1.82, 2.24) is 5.32 Å². The van der Waals surface area contributed by atoms with Gasteiger partial charge in [0.25, 0.3) is 0 Å². The van der Waals surface area contributed by atoms with E-state index in [9.17, 15) is 9.18 Å².